The maximum Gasteiger partial charge on any atom is 0.0569 e. The Hall–Kier alpha value is -2.87. The molecule has 2 heteroatoms. The Morgan fingerprint density at radius 2 is 1.35 bits per heavy atom. The zero-order valence-electron chi connectivity index (χ0n) is 15.9. The normalized spacial score (nSPS) is 11.0. The van der Waals surface area contributed by atoms with Gasteiger partial charge in [-0.2, -0.15) is 0 Å². The summed E-state index contributed by atoms with van der Waals surface area (Å²) in [5, 5.41) is 12.1. The van der Waals surface area contributed by atoms with Gasteiger partial charge in [0.2, 0.25) is 0 Å². The number of para-hydroxylation sites is 1. The van der Waals surface area contributed by atoms with Gasteiger partial charge in [0.25, 0.3) is 0 Å². The highest BCUT2D eigenvalue weighted by Crippen LogP contribution is 2.24. The first kappa shape index (κ1) is 19.5. The van der Waals surface area contributed by atoms with Crippen molar-refractivity contribution in [1.29, 1.82) is 5.41 Å². The summed E-state index contributed by atoms with van der Waals surface area (Å²) >= 11 is 0. The van der Waals surface area contributed by atoms with Crippen LogP contribution < -0.4 is 5.32 Å². The van der Waals surface area contributed by atoms with Crippen molar-refractivity contribution in [3.63, 3.8) is 0 Å². The fraction of sp³-hybridized carbons (Fsp3) is 0.208. The molecule has 134 valence electrons. The van der Waals surface area contributed by atoms with Crippen molar-refractivity contribution in [3.8, 4) is 0 Å². The predicted molar refractivity (Wildman–Crippen MR) is 113 cm³/mol. The van der Waals surface area contributed by atoms with E-state index in [1.54, 1.807) is 0 Å². The molecule has 26 heavy (non-hydrogen) atoms. The summed E-state index contributed by atoms with van der Waals surface area (Å²) < 4.78 is 0. The minimum absolute atomic E-state index is 0.0701. The molecule has 0 radical (unpaired) electrons. The topological polar surface area (TPSA) is 35.9 Å². The fourth-order valence-corrected chi connectivity index (χ4v) is 2.75. The first-order valence-electron chi connectivity index (χ1n) is 9.23. The number of aryl methyl sites for hydroxylation is 1. The molecule has 1 atom stereocenters. The number of hydrogen-bond donors (Lipinski definition) is 2. The Kier molecular flexibility index (Phi) is 7.63. The monoisotopic (exact) mass is 344 g/mol. The molecule has 0 fully saturated rings. The number of hydrogen-bond acceptors (Lipinski definition) is 2. The van der Waals surface area contributed by atoms with Crippen molar-refractivity contribution in [2.45, 2.75) is 33.2 Å². The summed E-state index contributed by atoms with van der Waals surface area (Å²) in [7, 11) is 0. The second-order valence-electron chi connectivity index (χ2n) is 6.02. The summed E-state index contributed by atoms with van der Waals surface area (Å²) in [5.74, 6) is 0. The Morgan fingerprint density at radius 3 is 1.92 bits per heavy atom. The lowest BCUT2D eigenvalue weighted by atomic mass is 9.96. The third-order valence-electron chi connectivity index (χ3n) is 4.12. The van der Waals surface area contributed by atoms with Gasteiger partial charge in [0.1, 0.15) is 0 Å². The van der Waals surface area contributed by atoms with Crippen LogP contribution in [0.4, 0.5) is 5.69 Å². The maximum absolute atomic E-state index is 8.48. The molecule has 2 nitrogen and oxygen atoms in total. The van der Waals surface area contributed by atoms with Crippen LogP contribution in [0.15, 0.2) is 84.9 Å². The molecule has 0 spiro atoms. The van der Waals surface area contributed by atoms with Crippen LogP contribution in [0.5, 0.6) is 0 Å². The van der Waals surface area contributed by atoms with E-state index in [2.05, 4.69) is 48.6 Å². The predicted octanol–water partition coefficient (Wildman–Crippen LogP) is 6.63. The summed E-state index contributed by atoms with van der Waals surface area (Å²) in [4.78, 5) is 0. The first-order chi connectivity index (χ1) is 12.7. The van der Waals surface area contributed by atoms with Crippen LogP contribution in [0.25, 0.3) is 0 Å². The smallest absolute Gasteiger partial charge is 0.0569 e. The highest BCUT2D eigenvalue weighted by atomic mass is 14.9. The molecular weight excluding hydrogens is 316 g/mol. The van der Waals surface area contributed by atoms with Crippen molar-refractivity contribution in [3.05, 3.63) is 102 Å². The quantitative estimate of drug-likeness (QED) is 0.483. The van der Waals surface area contributed by atoms with Gasteiger partial charge in [-0.3, -0.25) is 0 Å². The van der Waals surface area contributed by atoms with E-state index in [9.17, 15) is 0 Å². The van der Waals surface area contributed by atoms with E-state index >= 15 is 0 Å². The van der Waals surface area contributed by atoms with E-state index in [-0.39, 0.29) is 6.04 Å². The number of benzene rings is 3. The summed E-state index contributed by atoms with van der Waals surface area (Å²) in [6.07, 6.45) is 0.641. The average Bonchev–Trinajstić information content (AvgIpc) is 2.71. The first-order valence-corrected chi connectivity index (χ1v) is 9.23. The van der Waals surface area contributed by atoms with Crippen LogP contribution in [-0.2, 0) is 0 Å². The van der Waals surface area contributed by atoms with E-state index in [4.69, 9.17) is 5.41 Å². The summed E-state index contributed by atoms with van der Waals surface area (Å²) in [6.45, 7) is 6.09. The van der Waals surface area contributed by atoms with Gasteiger partial charge in [0.05, 0.1) is 6.04 Å². The summed E-state index contributed by atoms with van der Waals surface area (Å²) in [5.41, 5.74) is 5.14. The van der Waals surface area contributed by atoms with Crippen molar-refractivity contribution in [1.82, 2.24) is 0 Å². The van der Waals surface area contributed by atoms with Gasteiger partial charge in [0.15, 0.2) is 0 Å². The van der Waals surface area contributed by atoms with Gasteiger partial charge >= 0.3 is 0 Å². The summed E-state index contributed by atoms with van der Waals surface area (Å²) in [6, 6.07) is 28.7. The van der Waals surface area contributed by atoms with E-state index in [1.807, 2.05) is 62.4 Å². The van der Waals surface area contributed by atoms with Gasteiger partial charge in [-0.05, 0) is 30.2 Å². The van der Waals surface area contributed by atoms with E-state index < -0.39 is 0 Å². The number of rotatable bonds is 6. The lowest BCUT2D eigenvalue weighted by Crippen LogP contribution is -2.15. The molecule has 0 aliphatic rings. The highest BCUT2D eigenvalue weighted by molar-refractivity contribution is 5.98. The molecule has 0 amide bonds. The van der Waals surface area contributed by atoms with Gasteiger partial charge in [0, 0.05) is 17.8 Å². The third-order valence-corrected chi connectivity index (χ3v) is 4.12. The molecule has 3 aromatic rings. The number of anilines is 1. The van der Waals surface area contributed by atoms with Crippen LogP contribution in [-0.4, -0.2) is 5.71 Å². The van der Waals surface area contributed by atoms with Gasteiger partial charge < -0.3 is 10.7 Å². The minimum atomic E-state index is 0.0701. The second-order valence-corrected chi connectivity index (χ2v) is 6.02. The van der Waals surface area contributed by atoms with Crippen LogP contribution in [0.1, 0.15) is 43.0 Å². The molecular formula is C24H28N2. The largest absolute Gasteiger partial charge is 0.378 e. The van der Waals surface area contributed by atoms with Crippen molar-refractivity contribution < 1.29 is 0 Å². The Morgan fingerprint density at radius 1 is 0.808 bits per heavy atom. The molecule has 0 saturated heterocycles. The highest BCUT2D eigenvalue weighted by Gasteiger charge is 2.15. The lowest BCUT2D eigenvalue weighted by molar-refractivity contribution is 0.819. The molecule has 1 unspecified atom stereocenters. The molecule has 0 heterocycles. The van der Waals surface area contributed by atoms with Crippen LogP contribution in [0, 0.1) is 12.3 Å². The van der Waals surface area contributed by atoms with Crippen molar-refractivity contribution >= 4 is 11.4 Å². The molecule has 0 aliphatic carbocycles. The van der Waals surface area contributed by atoms with Crippen molar-refractivity contribution in [2.75, 3.05) is 5.32 Å². The SMILES string of the molecule is CC.Cc1ccc(C(CC(=N)c2ccccc2)Nc2ccccc2)cc1. The standard InChI is InChI=1S/C22H22N2.C2H6/c1-17-12-14-19(15-13-17)22(24-20-10-6-3-7-11-20)16-21(23)18-8-4-2-5-9-18;1-2/h2-15,22-24H,16H2,1H3;1-2H3. The number of nitrogens with one attached hydrogen (secondary N) is 2. The van der Waals surface area contributed by atoms with Gasteiger partial charge in [-0.1, -0.05) is 92.2 Å². The third kappa shape index (κ3) is 5.59. The van der Waals surface area contributed by atoms with Crippen LogP contribution in [0.3, 0.4) is 0 Å². The minimum Gasteiger partial charge on any atom is -0.378 e. The average molecular weight is 345 g/mol. The maximum atomic E-state index is 8.48. The molecule has 0 saturated carbocycles. The molecule has 2 N–H and O–H groups in total. The van der Waals surface area contributed by atoms with Gasteiger partial charge in [-0.15, -0.1) is 0 Å². The van der Waals surface area contributed by atoms with Crippen molar-refractivity contribution in [2.24, 2.45) is 0 Å². The second kappa shape index (κ2) is 10.2. The molecule has 0 aliphatic heterocycles. The zero-order valence-corrected chi connectivity index (χ0v) is 15.9. The molecule has 0 bridgehead atoms. The van der Waals surface area contributed by atoms with Crippen LogP contribution >= 0.6 is 0 Å². The molecule has 3 aromatic carbocycles. The van der Waals surface area contributed by atoms with E-state index in [0.717, 1.165) is 11.3 Å². The van der Waals surface area contributed by atoms with Crippen LogP contribution in [0.2, 0.25) is 0 Å². The molecule has 0 aromatic heterocycles. The lowest BCUT2D eigenvalue weighted by Gasteiger charge is -2.21. The van der Waals surface area contributed by atoms with Gasteiger partial charge in [-0.25, -0.2) is 0 Å². The molecule has 3 rings (SSSR count). The van der Waals surface area contributed by atoms with E-state index in [0.29, 0.717) is 12.1 Å². The fourth-order valence-electron chi connectivity index (χ4n) is 2.75. The zero-order chi connectivity index (χ0) is 18.8. The Labute approximate surface area is 157 Å². The Balaban J connectivity index is 0.00000117. The Bertz CT molecular complexity index is 777. The van der Waals surface area contributed by atoms with E-state index in [1.165, 1.54) is 11.1 Å².